The van der Waals surface area contributed by atoms with Gasteiger partial charge in [0.25, 0.3) is 0 Å². The van der Waals surface area contributed by atoms with Gasteiger partial charge in [0.05, 0.1) is 5.92 Å². The van der Waals surface area contributed by atoms with E-state index in [4.69, 9.17) is 5.11 Å². The monoisotopic (exact) mass is 276 g/mol. The molecule has 3 rings (SSSR count). The minimum absolute atomic E-state index is 0.0127. The number of carboxylic acids is 1. The lowest BCUT2D eigenvalue weighted by Gasteiger charge is -2.16. The Bertz CT molecular complexity index is 450. The summed E-state index contributed by atoms with van der Waals surface area (Å²) in [4.78, 5) is 24.3. The summed E-state index contributed by atoms with van der Waals surface area (Å²) in [6, 6.07) is 3.74. The molecule has 2 aliphatic carbocycles. The Morgan fingerprint density at radius 2 is 2.30 bits per heavy atom. The summed E-state index contributed by atoms with van der Waals surface area (Å²) < 4.78 is 0. The molecule has 3 atom stereocenters. The number of carbonyl (C=O) groups is 2. The predicted molar refractivity (Wildman–Crippen MR) is 73.7 cm³/mol. The number of aromatic nitrogens is 1. The molecule has 108 valence electrons. The largest absolute Gasteiger partial charge is 0.481 e. The molecule has 2 fully saturated rings. The van der Waals surface area contributed by atoms with Crippen LogP contribution < -0.4 is 5.32 Å². The SMILES string of the molecule is O=C(O)C1CC2CCC1C2.O=CNCc1cccnc1. The van der Waals surface area contributed by atoms with E-state index in [9.17, 15) is 9.59 Å². The third-order valence-electron chi connectivity index (χ3n) is 4.17. The average molecular weight is 276 g/mol. The first kappa shape index (κ1) is 14.5. The van der Waals surface area contributed by atoms with Gasteiger partial charge in [-0.05, 0) is 42.7 Å². The van der Waals surface area contributed by atoms with E-state index < -0.39 is 5.97 Å². The normalized spacial score (nSPS) is 26.5. The molecule has 1 aromatic rings. The number of hydrogen-bond acceptors (Lipinski definition) is 3. The molecule has 1 heterocycles. The summed E-state index contributed by atoms with van der Waals surface area (Å²) in [6.45, 7) is 0.553. The Kier molecular flexibility index (Phi) is 5.09. The van der Waals surface area contributed by atoms with Gasteiger partial charge in [-0.1, -0.05) is 12.5 Å². The molecule has 2 N–H and O–H groups in total. The molecule has 2 aliphatic rings. The van der Waals surface area contributed by atoms with Crippen LogP contribution in [0.3, 0.4) is 0 Å². The first-order valence-electron chi connectivity index (χ1n) is 6.99. The van der Waals surface area contributed by atoms with Crippen molar-refractivity contribution in [3.63, 3.8) is 0 Å². The highest BCUT2D eigenvalue weighted by molar-refractivity contribution is 5.71. The first-order chi connectivity index (χ1) is 9.70. The number of carboxylic acid groups (broad SMARTS) is 1. The molecule has 1 aromatic heterocycles. The smallest absolute Gasteiger partial charge is 0.306 e. The standard InChI is InChI=1S/C8H12O2.C7H8N2O/c9-8(10)7-4-5-1-2-6(7)3-5;10-6-9-5-7-2-1-3-8-4-7/h5-7H,1-4H2,(H,9,10);1-4,6H,5H2,(H,9,10). The maximum absolute atomic E-state index is 10.6. The molecule has 0 spiro atoms. The van der Waals surface area contributed by atoms with Crippen LogP contribution in [0.2, 0.25) is 0 Å². The molecule has 0 saturated heterocycles. The van der Waals surface area contributed by atoms with Crippen molar-refractivity contribution in [1.29, 1.82) is 0 Å². The van der Waals surface area contributed by atoms with Gasteiger partial charge >= 0.3 is 5.97 Å². The van der Waals surface area contributed by atoms with Crippen molar-refractivity contribution in [2.45, 2.75) is 32.2 Å². The summed E-state index contributed by atoms with van der Waals surface area (Å²) in [5.41, 5.74) is 1.01. The van der Waals surface area contributed by atoms with Crippen molar-refractivity contribution >= 4 is 12.4 Å². The Hall–Kier alpha value is -1.91. The van der Waals surface area contributed by atoms with Crippen LogP contribution in [-0.2, 0) is 16.1 Å². The molecule has 2 bridgehead atoms. The second-order valence-electron chi connectivity index (χ2n) is 5.48. The van der Waals surface area contributed by atoms with Gasteiger partial charge < -0.3 is 10.4 Å². The van der Waals surface area contributed by atoms with Crippen LogP contribution in [0.4, 0.5) is 0 Å². The van der Waals surface area contributed by atoms with Crippen LogP contribution in [0, 0.1) is 17.8 Å². The second-order valence-corrected chi connectivity index (χ2v) is 5.48. The number of hydrogen-bond donors (Lipinski definition) is 2. The fourth-order valence-electron chi connectivity index (χ4n) is 3.21. The zero-order chi connectivity index (χ0) is 14.4. The minimum Gasteiger partial charge on any atom is -0.481 e. The van der Waals surface area contributed by atoms with Crippen LogP contribution in [0.15, 0.2) is 24.5 Å². The van der Waals surface area contributed by atoms with Gasteiger partial charge in [0, 0.05) is 18.9 Å². The fourth-order valence-corrected chi connectivity index (χ4v) is 3.21. The number of nitrogens with one attached hydrogen (secondary N) is 1. The maximum atomic E-state index is 10.6. The summed E-state index contributed by atoms with van der Waals surface area (Å²) >= 11 is 0. The lowest BCUT2D eigenvalue weighted by molar-refractivity contribution is -0.143. The zero-order valence-corrected chi connectivity index (χ0v) is 11.4. The number of carbonyl (C=O) groups excluding carboxylic acids is 1. The van der Waals surface area contributed by atoms with E-state index >= 15 is 0 Å². The molecular weight excluding hydrogens is 256 g/mol. The van der Waals surface area contributed by atoms with E-state index in [1.807, 2.05) is 12.1 Å². The fraction of sp³-hybridized carbons (Fsp3) is 0.533. The maximum Gasteiger partial charge on any atom is 0.306 e. The molecule has 0 aromatic carbocycles. The van der Waals surface area contributed by atoms with Crippen LogP contribution in [0.1, 0.15) is 31.2 Å². The number of nitrogens with zero attached hydrogens (tertiary/aromatic N) is 1. The van der Waals surface area contributed by atoms with Crippen LogP contribution in [0.25, 0.3) is 0 Å². The molecule has 2 saturated carbocycles. The van der Waals surface area contributed by atoms with E-state index in [-0.39, 0.29) is 5.92 Å². The lowest BCUT2D eigenvalue weighted by Crippen LogP contribution is -2.19. The van der Waals surface area contributed by atoms with Crippen molar-refractivity contribution in [3.05, 3.63) is 30.1 Å². The van der Waals surface area contributed by atoms with E-state index in [2.05, 4.69) is 10.3 Å². The third-order valence-corrected chi connectivity index (χ3v) is 4.17. The van der Waals surface area contributed by atoms with Gasteiger partial charge in [-0.15, -0.1) is 0 Å². The minimum atomic E-state index is -0.563. The Labute approximate surface area is 118 Å². The number of pyridine rings is 1. The predicted octanol–water partition coefficient (Wildman–Crippen LogP) is 1.83. The van der Waals surface area contributed by atoms with Crippen molar-refractivity contribution in [1.82, 2.24) is 10.3 Å². The molecule has 20 heavy (non-hydrogen) atoms. The van der Waals surface area contributed by atoms with Crippen LogP contribution >= 0.6 is 0 Å². The average Bonchev–Trinajstić information content (AvgIpc) is 3.09. The van der Waals surface area contributed by atoms with Gasteiger partial charge in [0.15, 0.2) is 0 Å². The number of aliphatic carboxylic acids is 1. The highest BCUT2D eigenvalue weighted by Gasteiger charge is 2.42. The van der Waals surface area contributed by atoms with Gasteiger partial charge in [-0.25, -0.2) is 0 Å². The summed E-state index contributed by atoms with van der Waals surface area (Å²) in [5.74, 6) is 0.736. The quantitative estimate of drug-likeness (QED) is 0.822. The molecular formula is C15H20N2O3. The van der Waals surface area contributed by atoms with E-state index in [0.29, 0.717) is 18.9 Å². The zero-order valence-electron chi connectivity index (χ0n) is 11.4. The Morgan fingerprint density at radius 3 is 2.75 bits per heavy atom. The van der Waals surface area contributed by atoms with Gasteiger partial charge in [0.2, 0.25) is 6.41 Å². The first-order valence-corrected chi connectivity index (χ1v) is 6.99. The van der Waals surface area contributed by atoms with E-state index in [0.717, 1.165) is 17.9 Å². The molecule has 1 amide bonds. The Morgan fingerprint density at radius 1 is 1.45 bits per heavy atom. The van der Waals surface area contributed by atoms with Gasteiger partial charge in [0.1, 0.15) is 0 Å². The molecule has 3 unspecified atom stereocenters. The van der Waals surface area contributed by atoms with Gasteiger partial charge in [-0.2, -0.15) is 0 Å². The number of amides is 1. The summed E-state index contributed by atoms with van der Waals surface area (Å²) in [6.07, 6.45) is 8.70. The topological polar surface area (TPSA) is 79.3 Å². The number of fused-ring (bicyclic) bond motifs is 2. The highest BCUT2D eigenvalue weighted by atomic mass is 16.4. The van der Waals surface area contributed by atoms with Crippen molar-refractivity contribution in [2.24, 2.45) is 17.8 Å². The van der Waals surface area contributed by atoms with E-state index in [1.54, 1.807) is 12.4 Å². The van der Waals surface area contributed by atoms with Crippen molar-refractivity contribution in [2.75, 3.05) is 0 Å². The molecule has 5 nitrogen and oxygen atoms in total. The molecule has 0 radical (unpaired) electrons. The van der Waals surface area contributed by atoms with Crippen molar-refractivity contribution < 1.29 is 14.7 Å². The van der Waals surface area contributed by atoms with Crippen LogP contribution in [0.5, 0.6) is 0 Å². The number of rotatable bonds is 4. The Balaban J connectivity index is 0.000000147. The second kappa shape index (κ2) is 7.03. The summed E-state index contributed by atoms with van der Waals surface area (Å²) in [7, 11) is 0. The van der Waals surface area contributed by atoms with E-state index in [1.165, 1.54) is 19.3 Å². The van der Waals surface area contributed by atoms with Crippen LogP contribution in [-0.4, -0.2) is 22.5 Å². The lowest BCUT2D eigenvalue weighted by atomic mass is 9.89. The molecule has 5 heteroatoms. The highest BCUT2D eigenvalue weighted by Crippen LogP contribution is 2.48. The van der Waals surface area contributed by atoms with Crippen molar-refractivity contribution in [3.8, 4) is 0 Å². The summed E-state index contributed by atoms with van der Waals surface area (Å²) in [5, 5.41) is 11.3. The third kappa shape index (κ3) is 3.79. The van der Waals surface area contributed by atoms with Gasteiger partial charge in [-0.3, -0.25) is 14.6 Å². The molecule has 0 aliphatic heterocycles.